The van der Waals surface area contributed by atoms with Crippen molar-refractivity contribution in [1.82, 2.24) is 4.98 Å². The maximum Gasteiger partial charge on any atom is 0.338 e. The molecule has 0 fully saturated rings. The Kier molecular flexibility index (Phi) is 5.19. The fraction of sp³-hybridized carbons (Fsp3) is 0.143. The van der Waals surface area contributed by atoms with Gasteiger partial charge in [0.05, 0.1) is 29.9 Å². The van der Waals surface area contributed by atoms with Crippen LogP contribution in [0, 0.1) is 0 Å². The Morgan fingerprint density at radius 1 is 1.19 bits per heavy atom. The molecule has 0 amide bonds. The molecule has 0 aliphatic rings. The fourth-order valence-corrected chi connectivity index (χ4v) is 2.92. The number of pyridine rings is 1. The SMILES string of the molecule is COC(=O)c1ccnc(Nc2cc(OC)c(Br)cc2Br)c1. The number of anilines is 2. The lowest BCUT2D eigenvalue weighted by molar-refractivity contribution is 0.0600. The van der Waals surface area contributed by atoms with E-state index < -0.39 is 5.97 Å². The number of halogens is 2. The Balaban J connectivity index is 2.32. The summed E-state index contributed by atoms with van der Waals surface area (Å²) in [5, 5.41) is 3.13. The van der Waals surface area contributed by atoms with Crippen LogP contribution in [0.25, 0.3) is 0 Å². The van der Waals surface area contributed by atoms with E-state index in [1.54, 1.807) is 25.4 Å². The Bertz CT molecular complexity index is 677. The third-order valence-corrected chi connectivity index (χ3v) is 3.96. The first kappa shape index (κ1) is 15.8. The van der Waals surface area contributed by atoms with Gasteiger partial charge in [-0.15, -0.1) is 0 Å². The van der Waals surface area contributed by atoms with Crippen LogP contribution in [0.5, 0.6) is 5.75 Å². The van der Waals surface area contributed by atoms with Gasteiger partial charge in [0.1, 0.15) is 11.6 Å². The van der Waals surface area contributed by atoms with E-state index in [0.29, 0.717) is 17.1 Å². The Hall–Kier alpha value is -1.60. The topological polar surface area (TPSA) is 60.5 Å². The summed E-state index contributed by atoms with van der Waals surface area (Å²) in [5.41, 5.74) is 1.19. The van der Waals surface area contributed by atoms with Gasteiger partial charge in [-0.25, -0.2) is 9.78 Å². The summed E-state index contributed by atoms with van der Waals surface area (Å²) in [6.07, 6.45) is 1.54. The van der Waals surface area contributed by atoms with E-state index >= 15 is 0 Å². The normalized spacial score (nSPS) is 10.1. The Labute approximate surface area is 138 Å². The van der Waals surface area contributed by atoms with Gasteiger partial charge in [-0.05, 0) is 50.1 Å². The molecular formula is C14H12Br2N2O3. The van der Waals surface area contributed by atoms with E-state index in [0.717, 1.165) is 14.6 Å². The van der Waals surface area contributed by atoms with Crippen LogP contribution < -0.4 is 10.1 Å². The highest BCUT2D eigenvalue weighted by atomic mass is 79.9. The summed E-state index contributed by atoms with van der Waals surface area (Å²) in [4.78, 5) is 15.7. The van der Waals surface area contributed by atoms with Crippen LogP contribution in [-0.2, 0) is 4.74 Å². The monoisotopic (exact) mass is 414 g/mol. The number of benzene rings is 1. The third-order valence-electron chi connectivity index (χ3n) is 2.69. The molecular weight excluding hydrogens is 404 g/mol. The molecule has 5 nitrogen and oxygen atoms in total. The molecule has 2 aromatic rings. The van der Waals surface area contributed by atoms with Gasteiger partial charge < -0.3 is 14.8 Å². The minimum absolute atomic E-state index is 0.409. The molecule has 0 spiro atoms. The number of carbonyl (C=O) groups is 1. The van der Waals surface area contributed by atoms with E-state index in [2.05, 4.69) is 46.9 Å². The maximum absolute atomic E-state index is 11.5. The molecule has 0 aliphatic heterocycles. The number of carbonyl (C=O) groups excluding carboxylic acids is 1. The van der Waals surface area contributed by atoms with Crippen LogP contribution in [0.1, 0.15) is 10.4 Å². The molecule has 2 rings (SSSR count). The van der Waals surface area contributed by atoms with Crippen molar-refractivity contribution in [3.63, 3.8) is 0 Å². The standard InChI is InChI=1S/C14H12Br2N2O3/c1-20-12-7-11(9(15)6-10(12)16)18-13-5-8(3-4-17-13)14(19)21-2/h3-7H,1-2H3,(H,17,18). The molecule has 0 aliphatic carbocycles. The zero-order valence-electron chi connectivity index (χ0n) is 11.3. The summed E-state index contributed by atoms with van der Waals surface area (Å²) < 4.78 is 11.6. The Morgan fingerprint density at radius 2 is 1.95 bits per heavy atom. The fourth-order valence-electron chi connectivity index (χ4n) is 1.66. The van der Waals surface area contributed by atoms with Crippen molar-refractivity contribution in [3.8, 4) is 5.75 Å². The van der Waals surface area contributed by atoms with Crippen molar-refractivity contribution in [2.24, 2.45) is 0 Å². The van der Waals surface area contributed by atoms with Gasteiger partial charge in [0.15, 0.2) is 0 Å². The molecule has 0 saturated heterocycles. The van der Waals surface area contributed by atoms with E-state index in [1.165, 1.54) is 7.11 Å². The largest absolute Gasteiger partial charge is 0.495 e. The van der Waals surface area contributed by atoms with Gasteiger partial charge in [0.2, 0.25) is 0 Å². The summed E-state index contributed by atoms with van der Waals surface area (Å²) in [6, 6.07) is 6.90. The second-order valence-corrected chi connectivity index (χ2v) is 5.72. The molecule has 0 unspecified atom stereocenters. The van der Waals surface area contributed by atoms with Crippen LogP contribution in [0.3, 0.4) is 0 Å². The highest BCUT2D eigenvalue weighted by Crippen LogP contribution is 2.35. The highest BCUT2D eigenvalue weighted by molar-refractivity contribution is 9.11. The van der Waals surface area contributed by atoms with E-state index in [4.69, 9.17) is 4.74 Å². The molecule has 0 atom stereocenters. The zero-order valence-corrected chi connectivity index (χ0v) is 14.5. The molecule has 0 radical (unpaired) electrons. The number of nitrogens with one attached hydrogen (secondary N) is 1. The van der Waals surface area contributed by atoms with E-state index in [-0.39, 0.29) is 0 Å². The van der Waals surface area contributed by atoms with Gasteiger partial charge in [-0.1, -0.05) is 0 Å². The van der Waals surface area contributed by atoms with Gasteiger partial charge in [0, 0.05) is 16.7 Å². The van der Waals surface area contributed by atoms with Crippen molar-refractivity contribution < 1.29 is 14.3 Å². The number of ether oxygens (including phenoxy) is 2. The van der Waals surface area contributed by atoms with Gasteiger partial charge >= 0.3 is 5.97 Å². The first-order valence-corrected chi connectivity index (χ1v) is 7.48. The molecule has 1 aromatic carbocycles. The number of methoxy groups -OCH3 is 2. The lowest BCUT2D eigenvalue weighted by Crippen LogP contribution is -2.03. The summed E-state index contributed by atoms with van der Waals surface area (Å²) in [6.45, 7) is 0. The van der Waals surface area contributed by atoms with Crippen molar-refractivity contribution in [2.45, 2.75) is 0 Å². The number of esters is 1. The predicted octanol–water partition coefficient (Wildman–Crippen LogP) is 4.15. The summed E-state index contributed by atoms with van der Waals surface area (Å²) >= 11 is 6.87. The van der Waals surface area contributed by atoms with Crippen LogP contribution in [0.15, 0.2) is 39.4 Å². The number of nitrogens with zero attached hydrogens (tertiary/aromatic N) is 1. The summed E-state index contributed by atoms with van der Waals surface area (Å²) in [5.74, 6) is 0.806. The van der Waals surface area contributed by atoms with Crippen molar-refractivity contribution in [1.29, 1.82) is 0 Å². The molecule has 1 heterocycles. The predicted molar refractivity (Wildman–Crippen MR) is 87.3 cm³/mol. The van der Waals surface area contributed by atoms with Gasteiger partial charge in [-0.3, -0.25) is 0 Å². The number of rotatable bonds is 4. The lowest BCUT2D eigenvalue weighted by Gasteiger charge is -2.11. The van der Waals surface area contributed by atoms with Gasteiger partial charge in [0.25, 0.3) is 0 Å². The first-order chi connectivity index (χ1) is 10.0. The van der Waals surface area contributed by atoms with Crippen LogP contribution >= 0.6 is 31.9 Å². The molecule has 1 N–H and O–H groups in total. The zero-order chi connectivity index (χ0) is 15.4. The van der Waals surface area contributed by atoms with Crippen molar-refractivity contribution >= 4 is 49.3 Å². The quantitative estimate of drug-likeness (QED) is 0.760. The number of aromatic nitrogens is 1. The van der Waals surface area contributed by atoms with Crippen LogP contribution in [0.4, 0.5) is 11.5 Å². The third kappa shape index (κ3) is 3.74. The molecule has 0 bridgehead atoms. The molecule has 110 valence electrons. The average Bonchev–Trinajstić information content (AvgIpc) is 2.49. The number of hydrogen-bond donors (Lipinski definition) is 1. The maximum atomic E-state index is 11.5. The lowest BCUT2D eigenvalue weighted by atomic mass is 10.2. The average molecular weight is 416 g/mol. The molecule has 7 heteroatoms. The van der Waals surface area contributed by atoms with E-state index in [9.17, 15) is 4.79 Å². The second kappa shape index (κ2) is 6.91. The number of hydrogen-bond acceptors (Lipinski definition) is 5. The minimum atomic E-state index is -0.409. The second-order valence-electron chi connectivity index (χ2n) is 4.01. The highest BCUT2D eigenvalue weighted by Gasteiger charge is 2.10. The molecule has 21 heavy (non-hydrogen) atoms. The van der Waals surface area contributed by atoms with Crippen LogP contribution in [0.2, 0.25) is 0 Å². The minimum Gasteiger partial charge on any atom is -0.495 e. The molecule has 1 aromatic heterocycles. The van der Waals surface area contributed by atoms with Crippen molar-refractivity contribution in [3.05, 3.63) is 45.0 Å². The Morgan fingerprint density at radius 3 is 2.62 bits per heavy atom. The summed E-state index contributed by atoms with van der Waals surface area (Å²) in [7, 11) is 2.93. The van der Waals surface area contributed by atoms with E-state index in [1.807, 2.05) is 12.1 Å². The van der Waals surface area contributed by atoms with Crippen LogP contribution in [-0.4, -0.2) is 25.2 Å². The van der Waals surface area contributed by atoms with Crippen molar-refractivity contribution in [2.75, 3.05) is 19.5 Å². The first-order valence-electron chi connectivity index (χ1n) is 5.89. The smallest absolute Gasteiger partial charge is 0.338 e. The molecule has 0 saturated carbocycles. The van der Waals surface area contributed by atoms with Gasteiger partial charge in [-0.2, -0.15) is 0 Å².